The van der Waals surface area contributed by atoms with E-state index in [2.05, 4.69) is 4.90 Å². The van der Waals surface area contributed by atoms with Crippen molar-refractivity contribution >= 4 is 11.4 Å². The molecule has 0 atom stereocenters. The summed E-state index contributed by atoms with van der Waals surface area (Å²) in [5.74, 6) is 1.54. The first kappa shape index (κ1) is 13.0. The van der Waals surface area contributed by atoms with E-state index in [4.69, 9.17) is 15.2 Å². The molecule has 0 bridgehead atoms. The quantitative estimate of drug-likeness (QED) is 0.832. The van der Waals surface area contributed by atoms with Crippen molar-refractivity contribution in [3.05, 3.63) is 18.2 Å². The zero-order valence-corrected chi connectivity index (χ0v) is 11.2. The zero-order chi connectivity index (χ0) is 13.0. The number of anilines is 2. The van der Waals surface area contributed by atoms with Crippen LogP contribution in [0.4, 0.5) is 11.4 Å². The molecule has 0 unspecified atom stereocenters. The first-order chi connectivity index (χ1) is 8.74. The smallest absolute Gasteiger partial charge is 0.121 e. The number of nitrogens with two attached hydrogens (primary N) is 1. The largest absolute Gasteiger partial charge is 0.497 e. The van der Waals surface area contributed by atoms with Crippen molar-refractivity contribution in [2.75, 3.05) is 44.5 Å². The second-order valence-corrected chi connectivity index (χ2v) is 4.81. The zero-order valence-electron chi connectivity index (χ0n) is 11.2. The number of ether oxygens (including phenoxy) is 2. The van der Waals surface area contributed by atoms with Gasteiger partial charge in [-0.15, -0.1) is 0 Å². The van der Waals surface area contributed by atoms with Gasteiger partial charge in [-0.25, -0.2) is 0 Å². The summed E-state index contributed by atoms with van der Waals surface area (Å²) in [4.78, 5) is 2.34. The fraction of sp³-hybridized carbons (Fsp3) is 0.571. The summed E-state index contributed by atoms with van der Waals surface area (Å²) in [5, 5.41) is 0. The number of benzene rings is 1. The first-order valence-electron chi connectivity index (χ1n) is 6.42. The van der Waals surface area contributed by atoms with Gasteiger partial charge >= 0.3 is 0 Å². The molecular formula is C14H22N2O2. The van der Waals surface area contributed by atoms with Gasteiger partial charge < -0.3 is 20.1 Å². The Morgan fingerprint density at radius 3 is 2.61 bits per heavy atom. The Kier molecular flexibility index (Phi) is 4.31. The van der Waals surface area contributed by atoms with E-state index in [-0.39, 0.29) is 0 Å². The molecule has 0 radical (unpaired) electrons. The Bertz CT molecular complexity index is 387. The molecule has 0 amide bonds. The first-order valence-corrected chi connectivity index (χ1v) is 6.42. The van der Waals surface area contributed by atoms with Gasteiger partial charge in [0.1, 0.15) is 5.75 Å². The van der Waals surface area contributed by atoms with Gasteiger partial charge in [0.15, 0.2) is 0 Å². The van der Waals surface area contributed by atoms with Crippen molar-refractivity contribution < 1.29 is 9.47 Å². The van der Waals surface area contributed by atoms with Gasteiger partial charge in [-0.05, 0) is 30.9 Å². The minimum atomic E-state index is 0.679. The molecule has 1 aliphatic heterocycles. The van der Waals surface area contributed by atoms with E-state index in [1.807, 2.05) is 18.2 Å². The van der Waals surface area contributed by atoms with E-state index < -0.39 is 0 Å². The van der Waals surface area contributed by atoms with Gasteiger partial charge in [0, 0.05) is 32.9 Å². The lowest BCUT2D eigenvalue weighted by Gasteiger charge is -2.34. The standard InChI is InChI=1S/C14H22N2O2/c1-17-10-11-5-7-16(8-6-11)14-9-12(18-2)3-4-13(14)15/h3-4,9,11H,5-8,10,15H2,1-2H3. The molecular weight excluding hydrogens is 228 g/mol. The molecule has 100 valence electrons. The molecule has 0 aliphatic carbocycles. The summed E-state index contributed by atoms with van der Waals surface area (Å²) in [7, 11) is 3.45. The number of methoxy groups -OCH3 is 2. The topological polar surface area (TPSA) is 47.7 Å². The van der Waals surface area contributed by atoms with Crippen molar-refractivity contribution in [2.45, 2.75) is 12.8 Å². The number of nitrogen functional groups attached to an aromatic ring is 1. The number of hydrogen-bond acceptors (Lipinski definition) is 4. The molecule has 4 nitrogen and oxygen atoms in total. The molecule has 1 heterocycles. The molecule has 1 aromatic rings. The van der Waals surface area contributed by atoms with Crippen molar-refractivity contribution in [3.63, 3.8) is 0 Å². The summed E-state index contributed by atoms with van der Waals surface area (Å²) in [6.07, 6.45) is 2.31. The molecule has 1 fully saturated rings. The van der Waals surface area contributed by atoms with Crippen molar-refractivity contribution in [2.24, 2.45) is 5.92 Å². The number of hydrogen-bond donors (Lipinski definition) is 1. The normalized spacial score (nSPS) is 16.9. The maximum absolute atomic E-state index is 6.05. The minimum absolute atomic E-state index is 0.679. The molecule has 0 aromatic heterocycles. The Balaban J connectivity index is 2.04. The summed E-state index contributed by atoms with van der Waals surface area (Å²) in [6, 6.07) is 5.83. The highest BCUT2D eigenvalue weighted by Crippen LogP contribution is 2.31. The summed E-state index contributed by atoms with van der Waals surface area (Å²) >= 11 is 0. The van der Waals surface area contributed by atoms with E-state index in [1.54, 1.807) is 14.2 Å². The van der Waals surface area contributed by atoms with Gasteiger partial charge in [0.2, 0.25) is 0 Å². The fourth-order valence-corrected chi connectivity index (χ4v) is 2.50. The maximum Gasteiger partial charge on any atom is 0.121 e. The average Bonchev–Trinajstić information content (AvgIpc) is 2.41. The monoisotopic (exact) mass is 250 g/mol. The molecule has 2 N–H and O–H groups in total. The third-order valence-corrected chi connectivity index (χ3v) is 3.60. The van der Waals surface area contributed by atoms with Crippen LogP contribution < -0.4 is 15.4 Å². The van der Waals surface area contributed by atoms with Gasteiger partial charge in [0.25, 0.3) is 0 Å². The van der Waals surface area contributed by atoms with E-state index >= 15 is 0 Å². The van der Waals surface area contributed by atoms with E-state index in [9.17, 15) is 0 Å². The third kappa shape index (κ3) is 2.88. The highest BCUT2D eigenvalue weighted by atomic mass is 16.5. The second kappa shape index (κ2) is 5.96. The maximum atomic E-state index is 6.05. The van der Waals surface area contributed by atoms with Crippen LogP contribution >= 0.6 is 0 Å². The summed E-state index contributed by atoms with van der Waals surface area (Å²) in [5.41, 5.74) is 7.95. The highest BCUT2D eigenvalue weighted by molar-refractivity contribution is 5.69. The molecule has 4 heteroatoms. The Morgan fingerprint density at radius 1 is 1.28 bits per heavy atom. The lowest BCUT2D eigenvalue weighted by Crippen LogP contribution is -2.35. The molecule has 1 aliphatic rings. The van der Waals surface area contributed by atoms with Crippen LogP contribution in [0.15, 0.2) is 18.2 Å². The SMILES string of the molecule is COCC1CCN(c2cc(OC)ccc2N)CC1. The van der Waals surface area contributed by atoms with Crippen LogP contribution in [0.25, 0.3) is 0 Å². The Hall–Kier alpha value is -1.42. The van der Waals surface area contributed by atoms with Gasteiger partial charge in [-0.1, -0.05) is 0 Å². The molecule has 1 aromatic carbocycles. The second-order valence-electron chi connectivity index (χ2n) is 4.81. The summed E-state index contributed by atoms with van der Waals surface area (Å²) < 4.78 is 10.5. The molecule has 0 saturated carbocycles. The van der Waals surface area contributed by atoms with Gasteiger partial charge in [-0.2, -0.15) is 0 Å². The predicted octanol–water partition coefficient (Wildman–Crippen LogP) is 2.14. The lowest BCUT2D eigenvalue weighted by atomic mass is 9.97. The molecule has 18 heavy (non-hydrogen) atoms. The van der Waals surface area contributed by atoms with Crippen LogP contribution in [0, 0.1) is 5.92 Å². The van der Waals surface area contributed by atoms with Crippen LogP contribution in [0.1, 0.15) is 12.8 Å². The number of nitrogens with zero attached hydrogens (tertiary/aromatic N) is 1. The third-order valence-electron chi connectivity index (χ3n) is 3.60. The Labute approximate surface area is 109 Å². The van der Waals surface area contributed by atoms with Crippen molar-refractivity contribution in [1.82, 2.24) is 0 Å². The van der Waals surface area contributed by atoms with Crippen LogP contribution in [0.3, 0.4) is 0 Å². The van der Waals surface area contributed by atoms with Gasteiger partial charge in [0.05, 0.1) is 18.5 Å². The predicted molar refractivity (Wildman–Crippen MR) is 74.2 cm³/mol. The van der Waals surface area contributed by atoms with E-state index in [0.717, 1.165) is 49.7 Å². The fourth-order valence-electron chi connectivity index (χ4n) is 2.50. The number of rotatable bonds is 4. The molecule has 1 saturated heterocycles. The highest BCUT2D eigenvalue weighted by Gasteiger charge is 2.20. The van der Waals surface area contributed by atoms with Crippen LogP contribution in [-0.2, 0) is 4.74 Å². The van der Waals surface area contributed by atoms with Crippen LogP contribution in [0.2, 0.25) is 0 Å². The van der Waals surface area contributed by atoms with E-state index in [0.29, 0.717) is 5.92 Å². The number of piperidine rings is 1. The van der Waals surface area contributed by atoms with E-state index in [1.165, 1.54) is 0 Å². The lowest BCUT2D eigenvalue weighted by molar-refractivity contribution is 0.139. The van der Waals surface area contributed by atoms with Crippen LogP contribution in [-0.4, -0.2) is 33.9 Å². The summed E-state index contributed by atoms with van der Waals surface area (Å²) in [6.45, 7) is 2.93. The Morgan fingerprint density at radius 2 is 2.00 bits per heavy atom. The van der Waals surface area contributed by atoms with Crippen LogP contribution in [0.5, 0.6) is 5.75 Å². The minimum Gasteiger partial charge on any atom is -0.497 e. The average molecular weight is 250 g/mol. The van der Waals surface area contributed by atoms with Crippen molar-refractivity contribution in [1.29, 1.82) is 0 Å². The molecule has 0 spiro atoms. The van der Waals surface area contributed by atoms with Crippen molar-refractivity contribution in [3.8, 4) is 5.75 Å². The molecule has 2 rings (SSSR count). The van der Waals surface area contributed by atoms with Gasteiger partial charge in [-0.3, -0.25) is 0 Å².